The van der Waals surface area contributed by atoms with Crippen molar-refractivity contribution in [2.45, 2.75) is 46.0 Å². The van der Waals surface area contributed by atoms with Crippen molar-refractivity contribution < 1.29 is 4.79 Å². The quantitative estimate of drug-likeness (QED) is 0.582. The van der Waals surface area contributed by atoms with Crippen LogP contribution >= 0.6 is 0 Å². The van der Waals surface area contributed by atoms with Crippen molar-refractivity contribution in [2.75, 3.05) is 32.1 Å². The van der Waals surface area contributed by atoms with E-state index < -0.39 is 0 Å². The van der Waals surface area contributed by atoms with Gasteiger partial charge in [-0.25, -0.2) is 9.97 Å². The predicted molar refractivity (Wildman–Crippen MR) is 132 cm³/mol. The molecule has 0 radical (unpaired) electrons. The van der Waals surface area contributed by atoms with Crippen molar-refractivity contribution in [1.82, 2.24) is 19.9 Å². The van der Waals surface area contributed by atoms with Gasteiger partial charge in [0.25, 0.3) is 5.91 Å². The number of nitrogens with zero attached hydrogens (tertiary/aromatic N) is 5. The monoisotopic (exact) mass is 443 g/mol. The number of hydrogen-bond donors (Lipinski definition) is 0. The minimum Gasteiger partial charge on any atom is -0.347 e. The van der Waals surface area contributed by atoms with Gasteiger partial charge in [-0.2, -0.15) is 0 Å². The van der Waals surface area contributed by atoms with Crippen LogP contribution in [0.25, 0.3) is 0 Å². The summed E-state index contributed by atoms with van der Waals surface area (Å²) in [4.78, 5) is 30.8. The number of aryl methyl sites for hydroxylation is 3. The molecule has 3 aromatic rings. The first-order valence-corrected chi connectivity index (χ1v) is 11.6. The highest BCUT2D eigenvalue weighted by Crippen LogP contribution is 2.28. The van der Waals surface area contributed by atoms with Gasteiger partial charge in [-0.1, -0.05) is 29.8 Å². The van der Waals surface area contributed by atoms with Crippen LogP contribution in [0.5, 0.6) is 0 Å². The van der Waals surface area contributed by atoms with Gasteiger partial charge in [0.05, 0.1) is 11.3 Å². The van der Waals surface area contributed by atoms with E-state index in [0.717, 1.165) is 42.9 Å². The van der Waals surface area contributed by atoms with Gasteiger partial charge < -0.3 is 9.80 Å². The molecular formula is C27H33N5O. The Morgan fingerprint density at radius 3 is 2.64 bits per heavy atom. The van der Waals surface area contributed by atoms with Crippen molar-refractivity contribution in [3.8, 4) is 0 Å². The molecule has 1 fully saturated rings. The van der Waals surface area contributed by atoms with Crippen molar-refractivity contribution in [3.63, 3.8) is 0 Å². The fourth-order valence-electron chi connectivity index (χ4n) is 4.59. The number of anilines is 1. The van der Waals surface area contributed by atoms with Crippen molar-refractivity contribution in [3.05, 3.63) is 81.9 Å². The summed E-state index contributed by atoms with van der Waals surface area (Å²) in [5.74, 6) is 0.863. The molecule has 172 valence electrons. The number of rotatable bonds is 5. The Bertz CT molecular complexity index is 1160. The summed E-state index contributed by atoms with van der Waals surface area (Å²) in [6, 6.07) is 13.1. The largest absolute Gasteiger partial charge is 0.347 e. The lowest BCUT2D eigenvalue weighted by molar-refractivity contribution is 0.0704. The molecular weight excluding hydrogens is 410 g/mol. The van der Waals surface area contributed by atoms with E-state index in [0.29, 0.717) is 18.1 Å². The molecule has 1 aliphatic heterocycles. The Morgan fingerprint density at radius 2 is 1.91 bits per heavy atom. The molecule has 0 saturated carbocycles. The van der Waals surface area contributed by atoms with Gasteiger partial charge in [0, 0.05) is 50.7 Å². The lowest BCUT2D eigenvalue weighted by Gasteiger charge is -2.33. The van der Waals surface area contributed by atoms with Crippen LogP contribution in [-0.4, -0.2) is 52.9 Å². The van der Waals surface area contributed by atoms with Gasteiger partial charge >= 0.3 is 0 Å². The number of likely N-dealkylation sites (tertiary alicyclic amines) is 1. The van der Waals surface area contributed by atoms with Crippen LogP contribution in [0.1, 0.15) is 62.9 Å². The number of carbonyl (C=O) groups excluding carboxylic acids is 1. The highest BCUT2D eigenvalue weighted by atomic mass is 16.2. The first-order chi connectivity index (χ1) is 15.8. The van der Waals surface area contributed by atoms with Gasteiger partial charge in [0.2, 0.25) is 5.95 Å². The first-order valence-electron chi connectivity index (χ1n) is 11.6. The topological polar surface area (TPSA) is 62.2 Å². The molecule has 6 heteroatoms. The minimum absolute atomic E-state index is 0.00939. The molecule has 0 bridgehead atoms. The Hall–Kier alpha value is -3.28. The summed E-state index contributed by atoms with van der Waals surface area (Å²) in [6.07, 6.45) is 4.56. The summed E-state index contributed by atoms with van der Waals surface area (Å²) >= 11 is 0. The number of benzene rings is 1. The number of hydrogen-bond acceptors (Lipinski definition) is 5. The van der Waals surface area contributed by atoms with E-state index in [-0.39, 0.29) is 11.8 Å². The second kappa shape index (κ2) is 9.69. The SMILES string of the molecule is Cc1cccc(Cc2cc(C)nc([C@@H]3CCCN(C(=O)c4cnc(N(C)C)nc4C)C3)c2)c1. The smallest absolute Gasteiger partial charge is 0.257 e. The molecule has 2 aromatic heterocycles. The zero-order valence-corrected chi connectivity index (χ0v) is 20.3. The molecule has 33 heavy (non-hydrogen) atoms. The number of piperidine rings is 1. The third kappa shape index (κ3) is 5.38. The molecule has 1 aromatic carbocycles. The minimum atomic E-state index is 0.00939. The summed E-state index contributed by atoms with van der Waals surface area (Å²) in [7, 11) is 3.79. The van der Waals surface area contributed by atoms with E-state index in [9.17, 15) is 4.79 Å². The van der Waals surface area contributed by atoms with Gasteiger partial charge in [0.1, 0.15) is 0 Å². The summed E-state index contributed by atoms with van der Waals surface area (Å²) in [5.41, 5.74) is 7.28. The van der Waals surface area contributed by atoms with Crippen LogP contribution in [0.15, 0.2) is 42.6 Å². The lowest BCUT2D eigenvalue weighted by Crippen LogP contribution is -2.39. The van der Waals surface area contributed by atoms with E-state index >= 15 is 0 Å². The Balaban J connectivity index is 1.52. The first kappa shape index (κ1) is 22.9. The summed E-state index contributed by atoms with van der Waals surface area (Å²) < 4.78 is 0. The molecule has 0 spiro atoms. The fourth-order valence-corrected chi connectivity index (χ4v) is 4.59. The Labute approximate surface area is 196 Å². The molecule has 1 amide bonds. The van der Waals surface area contributed by atoms with E-state index in [1.165, 1.54) is 16.7 Å². The number of aromatic nitrogens is 3. The van der Waals surface area contributed by atoms with Gasteiger partial charge in [-0.05, 0) is 63.3 Å². The number of amides is 1. The summed E-state index contributed by atoms with van der Waals surface area (Å²) in [5, 5.41) is 0. The average molecular weight is 444 g/mol. The summed E-state index contributed by atoms with van der Waals surface area (Å²) in [6.45, 7) is 7.49. The Morgan fingerprint density at radius 1 is 1.09 bits per heavy atom. The van der Waals surface area contributed by atoms with E-state index in [4.69, 9.17) is 4.98 Å². The molecule has 0 unspecified atom stereocenters. The maximum atomic E-state index is 13.3. The third-order valence-electron chi connectivity index (χ3n) is 6.25. The number of carbonyl (C=O) groups is 1. The van der Waals surface area contributed by atoms with Crippen molar-refractivity contribution in [1.29, 1.82) is 0 Å². The zero-order chi connectivity index (χ0) is 23.5. The van der Waals surface area contributed by atoms with Crippen LogP contribution < -0.4 is 4.90 Å². The van der Waals surface area contributed by atoms with Crippen molar-refractivity contribution >= 4 is 11.9 Å². The van der Waals surface area contributed by atoms with Gasteiger partial charge in [-0.15, -0.1) is 0 Å². The molecule has 4 rings (SSSR count). The second-order valence-corrected chi connectivity index (χ2v) is 9.36. The molecule has 3 heterocycles. The van der Waals surface area contributed by atoms with Crippen LogP contribution in [0.2, 0.25) is 0 Å². The maximum Gasteiger partial charge on any atom is 0.257 e. The van der Waals surface area contributed by atoms with Crippen LogP contribution in [0, 0.1) is 20.8 Å². The molecule has 1 atom stereocenters. The molecule has 1 saturated heterocycles. The molecule has 6 nitrogen and oxygen atoms in total. The van der Waals surface area contributed by atoms with Gasteiger partial charge in [0.15, 0.2) is 0 Å². The molecule has 0 aliphatic carbocycles. The highest BCUT2D eigenvalue weighted by Gasteiger charge is 2.28. The van der Waals surface area contributed by atoms with E-state index in [2.05, 4.69) is 60.2 Å². The fraction of sp³-hybridized carbons (Fsp3) is 0.407. The zero-order valence-electron chi connectivity index (χ0n) is 20.3. The predicted octanol–water partition coefficient (Wildman–Crippen LogP) is 4.47. The number of pyridine rings is 1. The van der Waals surface area contributed by atoms with E-state index in [1.54, 1.807) is 6.20 Å². The normalized spacial score (nSPS) is 16.0. The average Bonchev–Trinajstić information content (AvgIpc) is 2.78. The maximum absolute atomic E-state index is 13.3. The second-order valence-electron chi connectivity index (χ2n) is 9.36. The van der Waals surface area contributed by atoms with E-state index in [1.807, 2.05) is 30.8 Å². The van der Waals surface area contributed by atoms with Crippen LogP contribution in [0.3, 0.4) is 0 Å². The van der Waals surface area contributed by atoms with Crippen LogP contribution in [0.4, 0.5) is 5.95 Å². The molecule has 1 aliphatic rings. The third-order valence-corrected chi connectivity index (χ3v) is 6.25. The molecule has 0 N–H and O–H groups in total. The standard InChI is InChI=1S/C27H33N5O/c1-18-8-6-9-21(12-18)14-22-13-19(2)29-25(15-22)23-10-7-11-32(17-23)26(33)24-16-28-27(31(4)5)30-20(24)3/h6,8-9,12-13,15-16,23H,7,10-11,14,17H2,1-5H3/t23-/m1/s1. The van der Waals surface area contributed by atoms with Crippen LogP contribution in [-0.2, 0) is 6.42 Å². The van der Waals surface area contributed by atoms with Crippen molar-refractivity contribution in [2.24, 2.45) is 0 Å². The van der Waals surface area contributed by atoms with Gasteiger partial charge in [-0.3, -0.25) is 9.78 Å². The lowest BCUT2D eigenvalue weighted by atomic mass is 9.92. The Kier molecular flexibility index (Phi) is 6.72. The highest BCUT2D eigenvalue weighted by molar-refractivity contribution is 5.95.